The van der Waals surface area contributed by atoms with Crippen molar-refractivity contribution in [1.82, 2.24) is 19.7 Å². The number of nitrogens with zero attached hydrogens (tertiary/aromatic N) is 4. The van der Waals surface area contributed by atoms with Crippen LogP contribution < -0.4 is 0 Å². The molecule has 3 heterocycles. The van der Waals surface area contributed by atoms with Crippen LogP contribution in [0.1, 0.15) is 48.9 Å². The van der Waals surface area contributed by atoms with Crippen LogP contribution >= 0.6 is 0 Å². The van der Waals surface area contributed by atoms with Gasteiger partial charge in [0.05, 0.1) is 12.6 Å². The molecule has 2 aliphatic rings. The first-order valence-corrected chi connectivity index (χ1v) is 8.90. The maximum absolute atomic E-state index is 14.2. The summed E-state index contributed by atoms with van der Waals surface area (Å²) >= 11 is 0. The summed E-state index contributed by atoms with van der Waals surface area (Å²) < 4.78 is 30.0. The highest BCUT2D eigenvalue weighted by molar-refractivity contribution is 5.24. The van der Waals surface area contributed by atoms with Crippen LogP contribution in [0.15, 0.2) is 18.2 Å². The monoisotopic (exact) mass is 348 g/mol. The third-order valence-electron chi connectivity index (χ3n) is 5.23. The Kier molecular flexibility index (Phi) is 4.52. The Balaban J connectivity index is 1.61. The first-order valence-electron chi connectivity index (χ1n) is 8.90. The molecule has 0 bridgehead atoms. The molecule has 7 heteroatoms. The number of aliphatic hydroxyl groups excluding tert-OH is 1. The minimum Gasteiger partial charge on any atom is -0.392 e. The van der Waals surface area contributed by atoms with Gasteiger partial charge in [-0.15, -0.1) is 10.2 Å². The molecule has 0 aliphatic carbocycles. The van der Waals surface area contributed by atoms with Gasteiger partial charge in [0.25, 0.3) is 0 Å². The van der Waals surface area contributed by atoms with E-state index in [9.17, 15) is 13.9 Å². The van der Waals surface area contributed by atoms with Crippen LogP contribution in [0.5, 0.6) is 0 Å². The number of aromatic nitrogens is 3. The van der Waals surface area contributed by atoms with Gasteiger partial charge >= 0.3 is 0 Å². The van der Waals surface area contributed by atoms with E-state index in [1.54, 1.807) is 0 Å². The Bertz CT molecular complexity index is 764. The third kappa shape index (κ3) is 3.30. The van der Waals surface area contributed by atoms with Gasteiger partial charge in [0.1, 0.15) is 23.3 Å². The van der Waals surface area contributed by atoms with Crippen molar-refractivity contribution < 1.29 is 13.9 Å². The van der Waals surface area contributed by atoms with E-state index >= 15 is 0 Å². The second-order valence-electron chi connectivity index (χ2n) is 7.00. The van der Waals surface area contributed by atoms with Crippen molar-refractivity contribution in [2.45, 2.75) is 57.3 Å². The van der Waals surface area contributed by atoms with Crippen molar-refractivity contribution in [3.8, 4) is 0 Å². The predicted octanol–water partition coefficient (Wildman–Crippen LogP) is 2.59. The van der Waals surface area contributed by atoms with Gasteiger partial charge in [-0.3, -0.25) is 4.90 Å². The number of rotatable bonds is 3. The standard InChI is InChI=1S/C18H22F2N4O/c19-12-5-6-15(20)14(8-12)16-9-13(25)10-23(16)11-18-22-21-17-4-2-1-3-7-24(17)18/h5-6,8,13,16,25H,1-4,7,9-11H2/t13-,16+/m0/s1. The number of benzene rings is 1. The lowest BCUT2D eigenvalue weighted by molar-refractivity contribution is 0.170. The fourth-order valence-electron chi connectivity index (χ4n) is 3.99. The number of aliphatic hydroxyl groups is 1. The lowest BCUT2D eigenvalue weighted by Gasteiger charge is -2.24. The average Bonchev–Trinajstić information content (AvgIpc) is 3.04. The minimum absolute atomic E-state index is 0.298. The fraction of sp³-hybridized carbons (Fsp3) is 0.556. The lowest BCUT2D eigenvalue weighted by Crippen LogP contribution is -2.27. The zero-order valence-electron chi connectivity index (χ0n) is 14.0. The zero-order valence-corrected chi connectivity index (χ0v) is 14.0. The highest BCUT2D eigenvalue weighted by Crippen LogP contribution is 2.35. The lowest BCUT2D eigenvalue weighted by atomic mass is 10.0. The molecule has 1 aromatic carbocycles. The van der Waals surface area contributed by atoms with E-state index in [1.807, 2.05) is 4.90 Å². The molecule has 1 aromatic heterocycles. The number of β-amino-alcohol motifs (C(OH)–C–C–N with tert-alkyl or cyclic N) is 1. The van der Waals surface area contributed by atoms with E-state index in [2.05, 4.69) is 14.8 Å². The number of hydrogen-bond acceptors (Lipinski definition) is 4. The second kappa shape index (κ2) is 6.80. The van der Waals surface area contributed by atoms with Crippen LogP contribution in [-0.2, 0) is 19.5 Å². The molecule has 1 fully saturated rings. The molecular weight excluding hydrogens is 326 g/mol. The van der Waals surface area contributed by atoms with E-state index in [-0.39, 0.29) is 6.04 Å². The number of halogens is 2. The Morgan fingerprint density at radius 2 is 2.04 bits per heavy atom. The zero-order chi connectivity index (χ0) is 17.4. The summed E-state index contributed by atoms with van der Waals surface area (Å²) in [5.41, 5.74) is 0.298. The Labute approximate surface area is 145 Å². The summed E-state index contributed by atoms with van der Waals surface area (Å²) in [7, 11) is 0. The van der Waals surface area contributed by atoms with Crippen LogP contribution in [0.4, 0.5) is 8.78 Å². The van der Waals surface area contributed by atoms with Crippen molar-refractivity contribution in [3.05, 3.63) is 47.0 Å². The number of likely N-dealkylation sites (tertiary alicyclic amines) is 1. The topological polar surface area (TPSA) is 54.2 Å². The van der Waals surface area contributed by atoms with Crippen LogP contribution in [0, 0.1) is 11.6 Å². The molecule has 2 aromatic rings. The van der Waals surface area contributed by atoms with E-state index in [1.165, 1.54) is 12.5 Å². The molecule has 2 aliphatic heterocycles. The molecule has 2 atom stereocenters. The summed E-state index contributed by atoms with van der Waals surface area (Å²) in [6.07, 6.45) is 4.17. The van der Waals surface area contributed by atoms with Crippen LogP contribution in [-0.4, -0.2) is 37.4 Å². The Morgan fingerprint density at radius 3 is 2.92 bits per heavy atom. The molecular formula is C18H22F2N4O. The van der Waals surface area contributed by atoms with Crippen molar-refractivity contribution in [1.29, 1.82) is 0 Å². The fourth-order valence-corrected chi connectivity index (χ4v) is 3.99. The molecule has 25 heavy (non-hydrogen) atoms. The van der Waals surface area contributed by atoms with Crippen molar-refractivity contribution in [2.75, 3.05) is 6.54 Å². The highest BCUT2D eigenvalue weighted by atomic mass is 19.1. The molecule has 1 N–H and O–H groups in total. The second-order valence-corrected chi connectivity index (χ2v) is 7.00. The first kappa shape index (κ1) is 16.6. The molecule has 134 valence electrons. The summed E-state index contributed by atoms with van der Waals surface area (Å²) in [4.78, 5) is 1.98. The van der Waals surface area contributed by atoms with Gasteiger partial charge in [-0.2, -0.15) is 0 Å². The normalized spacial score (nSPS) is 24.3. The Morgan fingerprint density at radius 1 is 1.16 bits per heavy atom. The molecule has 0 spiro atoms. The summed E-state index contributed by atoms with van der Waals surface area (Å²) in [5.74, 6) is 0.938. The van der Waals surface area contributed by atoms with Crippen molar-refractivity contribution >= 4 is 0 Å². The number of hydrogen-bond donors (Lipinski definition) is 1. The summed E-state index contributed by atoms with van der Waals surface area (Å²) in [6.45, 7) is 1.79. The predicted molar refractivity (Wildman–Crippen MR) is 87.7 cm³/mol. The first-order chi connectivity index (χ1) is 12.1. The van der Waals surface area contributed by atoms with Gasteiger partial charge in [0.15, 0.2) is 0 Å². The Hall–Kier alpha value is -1.86. The average molecular weight is 348 g/mol. The van der Waals surface area contributed by atoms with E-state index in [0.29, 0.717) is 25.1 Å². The van der Waals surface area contributed by atoms with Gasteiger partial charge in [-0.1, -0.05) is 6.42 Å². The summed E-state index contributed by atoms with van der Waals surface area (Å²) in [5, 5.41) is 18.7. The summed E-state index contributed by atoms with van der Waals surface area (Å²) in [6, 6.07) is 3.14. The maximum Gasteiger partial charge on any atom is 0.147 e. The van der Waals surface area contributed by atoms with Gasteiger partial charge in [0.2, 0.25) is 0 Å². The van der Waals surface area contributed by atoms with Gasteiger partial charge in [-0.05, 0) is 37.5 Å². The van der Waals surface area contributed by atoms with Gasteiger partial charge in [0, 0.05) is 31.1 Å². The van der Waals surface area contributed by atoms with Crippen LogP contribution in [0.3, 0.4) is 0 Å². The molecule has 0 amide bonds. The third-order valence-corrected chi connectivity index (χ3v) is 5.23. The van der Waals surface area contributed by atoms with E-state index in [0.717, 1.165) is 49.6 Å². The van der Waals surface area contributed by atoms with Gasteiger partial charge < -0.3 is 9.67 Å². The highest BCUT2D eigenvalue weighted by Gasteiger charge is 2.35. The van der Waals surface area contributed by atoms with Crippen LogP contribution in [0.25, 0.3) is 0 Å². The van der Waals surface area contributed by atoms with Crippen LogP contribution in [0.2, 0.25) is 0 Å². The SMILES string of the molecule is O[C@H]1C[C@H](c2cc(F)ccc2F)N(Cc2nnc3n2CCCCC3)C1. The van der Waals surface area contributed by atoms with Crippen molar-refractivity contribution in [2.24, 2.45) is 0 Å². The largest absolute Gasteiger partial charge is 0.392 e. The quantitative estimate of drug-likeness (QED) is 0.926. The maximum atomic E-state index is 14.2. The minimum atomic E-state index is -0.556. The molecule has 5 nitrogen and oxygen atoms in total. The molecule has 0 radical (unpaired) electrons. The smallest absolute Gasteiger partial charge is 0.147 e. The molecule has 1 saturated heterocycles. The van der Waals surface area contributed by atoms with E-state index < -0.39 is 17.7 Å². The molecule has 0 saturated carbocycles. The van der Waals surface area contributed by atoms with Crippen molar-refractivity contribution in [3.63, 3.8) is 0 Å². The molecule has 4 rings (SSSR count). The van der Waals surface area contributed by atoms with Gasteiger partial charge in [-0.25, -0.2) is 8.78 Å². The molecule has 0 unspecified atom stereocenters. The van der Waals surface area contributed by atoms with E-state index in [4.69, 9.17) is 0 Å². The number of fused-ring (bicyclic) bond motifs is 1. The number of aryl methyl sites for hydroxylation is 1.